The van der Waals surface area contributed by atoms with Crippen LogP contribution in [0, 0.1) is 0 Å². The number of amides is 1. The summed E-state index contributed by atoms with van der Waals surface area (Å²) in [6.45, 7) is 1.79. The number of carbonyl (C=O) groups is 1. The minimum absolute atomic E-state index is 0.167. The molecule has 0 unspecified atom stereocenters. The molecule has 0 aliphatic heterocycles. The van der Waals surface area contributed by atoms with Gasteiger partial charge in [0, 0.05) is 0 Å². The van der Waals surface area contributed by atoms with Crippen LogP contribution in [0.1, 0.15) is 6.92 Å². The van der Waals surface area contributed by atoms with Gasteiger partial charge in [-0.15, -0.1) is 0 Å². The highest BCUT2D eigenvalue weighted by Gasteiger charge is 2.05. The first-order valence-electron chi connectivity index (χ1n) is 5.19. The van der Waals surface area contributed by atoms with E-state index in [0.29, 0.717) is 5.69 Å². The number of hydrogen-bond donors (Lipinski definition) is 1. The normalized spacial score (nSPS) is 10.6. The van der Waals surface area contributed by atoms with Crippen LogP contribution in [-0.4, -0.2) is 20.7 Å². The van der Waals surface area contributed by atoms with Crippen LogP contribution in [0.3, 0.4) is 0 Å². The van der Waals surface area contributed by atoms with Crippen LogP contribution in [0.15, 0.2) is 49.1 Å². The molecule has 0 radical (unpaired) electrons. The number of nitrogens with zero attached hydrogens (tertiary/aromatic N) is 3. The second-order valence-electron chi connectivity index (χ2n) is 3.35. The van der Waals surface area contributed by atoms with Gasteiger partial charge >= 0.3 is 0 Å². The zero-order valence-electron chi connectivity index (χ0n) is 9.37. The number of anilines is 1. The Hall–Kier alpha value is -2.43. The van der Waals surface area contributed by atoms with Gasteiger partial charge in [0.2, 0.25) is 5.91 Å². The van der Waals surface area contributed by atoms with Crippen LogP contribution in [0.25, 0.3) is 5.69 Å². The zero-order chi connectivity index (χ0) is 12.1. The minimum Gasteiger partial charge on any atom is -0.321 e. The van der Waals surface area contributed by atoms with E-state index < -0.39 is 0 Å². The van der Waals surface area contributed by atoms with E-state index in [4.69, 9.17) is 0 Å². The Morgan fingerprint density at radius 3 is 2.94 bits per heavy atom. The monoisotopic (exact) mass is 228 g/mol. The number of aromatic nitrogens is 3. The Labute approximate surface area is 98.8 Å². The van der Waals surface area contributed by atoms with Gasteiger partial charge in [-0.05, 0) is 25.1 Å². The van der Waals surface area contributed by atoms with E-state index in [1.54, 1.807) is 24.0 Å². The molecule has 1 amide bonds. The summed E-state index contributed by atoms with van der Waals surface area (Å²) in [5.41, 5.74) is 1.48. The van der Waals surface area contributed by atoms with Crippen molar-refractivity contribution < 1.29 is 4.79 Å². The topological polar surface area (TPSA) is 59.8 Å². The van der Waals surface area contributed by atoms with E-state index in [0.717, 1.165) is 5.69 Å². The molecule has 0 bridgehead atoms. The SMILES string of the molecule is CC=CC(=O)Nc1ccccc1-n1cncn1. The van der Waals surface area contributed by atoms with E-state index >= 15 is 0 Å². The molecule has 1 heterocycles. The summed E-state index contributed by atoms with van der Waals surface area (Å²) in [7, 11) is 0. The third-order valence-corrected chi connectivity index (χ3v) is 2.15. The van der Waals surface area contributed by atoms with E-state index in [9.17, 15) is 4.79 Å². The van der Waals surface area contributed by atoms with Gasteiger partial charge in [0.25, 0.3) is 0 Å². The fourth-order valence-electron chi connectivity index (χ4n) is 1.44. The largest absolute Gasteiger partial charge is 0.321 e. The third kappa shape index (κ3) is 2.57. The molecule has 0 aliphatic carbocycles. The fraction of sp³-hybridized carbons (Fsp3) is 0.0833. The molecule has 5 heteroatoms. The molecule has 0 atom stereocenters. The fourth-order valence-corrected chi connectivity index (χ4v) is 1.44. The lowest BCUT2D eigenvalue weighted by Crippen LogP contribution is -2.10. The van der Waals surface area contributed by atoms with Crippen LogP contribution in [0.5, 0.6) is 0 Å². The summed E-state index contributed by atoms with van der Waals surface area (Å²) in [5, 5.41) is 6.82. The van der Waals surface area contributed by atoms with Crippen LogP contribution < -0.4 is 5.32 Å². The van der Waals surface area contributed by atoms with Gasteiger partial charge in [0.1, 0.15) is 12.7 Å². The van der Waals surface area contributed by atoms with Crippen molar-refractivity contribution in [3.63, 3.8) is 0 Å². The smallest absolute Gasteiger partial charge is 0.248 e. The summed E-state index contributed by atoms with van der Waals surface area (Å²) >= 11 is 0. The maximum atomic E-state index is 11.5. The zero-order valence-corrected chi connectivity index (χ0v) is 9.37. The highest BCUT2D eigenvalue weighted by molar-refractivity contribution is 6.00. The summed E-state index contributed by atoms with van der Waals surface area (Å²) in [6.07, 6.45) is 6.19. The molecule has 0 spiro atoms. The van der Waals surface area contributed by atoms with Crippen molar-refractivity contribution in [2.24, 2.45) is 0 Å². The molecule has 2 aromatic rings. The number of allylic oxidation sites excluding steroid dienone is 1. The first-order valence-corrected chi connectivity index (χ1v) is 5.19. The molecule has 17 heavy (non-hydrogen) atoms. The van der Waals surface area contributed by atoms with Crippen molar-refractivity contribution in [1.29, 1.82) is 0 Å². The van der Waals surface area contributed by atoms with Gasteiger partial charge in [-0.25, -0.2) is 9.67 Å². The lowest BCUT2D eigenvalue weighted by Gasteiger charge is -2.08. The van der Waals surface area contributed by atoms with Gasteiger partial charge in [-0.1, -0.05) is 18.2 Å². The number of nitrogens with one attached hydrogen (secondary N) is 1. The van der Waals surface area contributed by atoms with Crippen molar-refractivity contribution in [3.8, 4) is 5.69 Å². The Balaban J connectivity index is 2.32. The van der Waals surface area contributed by atoms with Crippen LogP contribution in [0.4, 0.5) is 5.69 Å². The number of para-hydroxylation sites is 2. The van der Waals surface area contributed by atoms with Gasteiger partial charge in [0.05, 0.1) is 11.4 Å². The molecule has 0 aliphatic rings. The summed E-state index contributed by atoms with van der Waals surface area (Å²) < 4.78 is 1.60. The van der Waals surface area contributed by atoms with E-state index in [2.05, 4.69) is 15.4 Å². The molecule has 0 saturated heterocycles. The van der Waals surface area contributed by atoms with E-state index in [1.165, 1.54) is 12.4 Å². The standard InChI is InChI=1S/C12H12N4O/c1-2-5-12(17)15-10-6-3-4-7-11(10)16-9-13-8-14-16/h2-9H,1H3,(H,15,17). The van der Waals surface area contributed by atoms with Crippen molar-refractivity contribution in [2.75, 3.05) is 5.32 Å². The first kappa shape index (κ1) is 11.1. The lowest BCUT2D eigenvalue weighted by molar-refractivity contribution is -0.111. The van der Waals surface area contributed by atoms with E-state index in [1.807, 2.05) is 24.3 Å². The Kier molecular flexibility index (Phi) is 3.30. The highest BCUT2D eigenvalue weighted by atomic mass is 16.1. The average Bonchev–Trinajstić information content (AvgIpc) is 2.83. The van der Waals surface area contributed by atoms with Crippen molar-refractivity contribution in [3.05, 3.63) is 49.1 Å². The lowest BCUT2D eigenvalue weighted by atomic mass is 10.2. The molecule has 2 rings (SSSR count). The molecule has 0 fully saturated rings. The summed E-state index contributed by atoms with van der Waals surface area (Å²) in [6, 6.07) is 7.41. The Bertz CT molecular complexity index is 531. The minimum atomic E-state index is -0.167. The number of rotatable bonds is 3. The highest BCUT2D eigenvalue weighted by Crippen LogP contribution is 2.18. The maximum Gasteiger partial charge on any atom is 0.248 e. The third-order valence-electron chi connectivity index (χ3n) is 2.15. The maximum absolute atomic E-state index is 11.5. The molecule has 1 N–H and O–H groups in total. The Morgan fingerprint density at radius 2 is 2.24 bits per heavy atom. The number of carbonyl (C=O) groups excluding carboxylic acids is 1. The van der Waals surface area contributed by atoms with Gasteiger partial charge in [-0.2, -0.15) is 5.10 Å². The van der Waals surface area contributed by atoms with Gasteiger partial charge < -0.3 is 5.32 Å². The molecular weight excluding hydrogens is 216 g/mol. The molecule has 5 nitrogen and oxygen atoms in total. The van der Waals surface area contributed by atoms with Gasteiger partial charge in [0.15, 0.2) is 0 Å². The van der Waals surface area contributed by atoms with Crippen molar-refractivity contribution in [1.82, 2.24) is 14.8 Å². The van der Waals surface area contributed by atoms with Crippen LogP contribution in [0.2, 0.25) is 0 Å². The molecule has 0 saturated carbocycles. The summed E-state index contributed by atoms with van der Waals surface area (Å²) in [4.78, 5) is 15.4. The second-order valence-corrected chi connectivity index (χ2v) is 3.35. The predicted molar refractivity (Wildman–Crippen MR) is 64.8 cm³/mol. The molecular formula is C12H12N4O. The first-order chi connectivity index (χ1) is 8.31. The Morgan fingerprint density at radius 1 is 1.41 bits per heavy atom. The molecule has 1 aromatic carbocycles. The van der Waals surface area contributed by atoms with Crippen LogP contribution in [-0.2, 0) is 4.79 Å². The average molecular weight is 228 g/mol. The molecule has 86 valence electrons. The summed E-state index contributed by atoms with van der Waals surface area (Å²) in [5.74, 6) is -0.167. The van der Waals surface area contributed by atoms with Crippen molar-refractivity contribution >= 4 is 11.6 Å². The number of hydrogen-bond acceptors (Lipinski definition) is 3. The van der Waals surface area contributed by atoms with E-state index in [-0.39, 0.29) is 5.91 Å². The molecule has 1 aromatic heterocycles. The predicted octanol–water partition coefficient (Wildman–Crippen LogP) is 1.78. The van der Waals surface area contributed by atoms with Gasteiger partial charge in [-0.3, -0.25) is 4.79 Å². The number of benzene rings is 1. The van der Waals surface area contributed by atoms with Crippen molar-refractivity contribution in [2.45, 2.75) is 6.92 Å². The second kappa shape index (κ2) is 5.07. The quantitative estimate of drug-likeness (QED) is 0.814. The van der Waals surface area contributed by atoms with Crippen LogP contribution >= 0.6 is 0 Å².